The van der Waals surface area contributed by atoms with E-state index in [0.29, 0.717) is 0 Å². The van der Waals surface area contributed by atoms with E-state index in [2.05, 4.69) is 27.6 Å². The van der Waals surface area contributed by atoms with E-state index < -0.39 is 0 Å². The van der Waals surface area contributed by atoms with Gasteiger partial charge in [0.05, 0.1) is 0 Å². The number of aryl methyl sites for hydroxylation is 1. The second-order valence-corrected chi connectivity index (χ2v) is 4.55. The van der Waals surface area contributed by atoms with Gasteiger partial charge in [0, 0.05) is 25.5 Å². The van der Waals surface area contributed by atoms with Crippen molar-refractivity contribution in [1.29, 1.82) is 0 Å². The van der Waals surface area contributed by atoms with E-state index in [4.69, 9.17) is 0 Å². The van der Waals surface area contributed by atoms with E-state index in [-0.39, 0.29) is 0 Å². The van der Waals surface area contributed by atoms with Gasteiger partial charge in [-0.3, -0.25) is 0 Å². The number of anilines is 1. The third-order valence-corrected chi connectivity index (χ3v) is 3.37. The molecule has 0 unspecified atom stereocenters. The molecule has 1 aromatic rings. The highest BCUT2D eigenvalue weighted by molar-refractivity contribution is 5.26. The largest absolute Gasteiger partial charge is 0.352 e. The molecule has 2 rings (SSSR count). The zero-order valence-electron chi connectivity index (χ0n) is 9.86. The van der Waals surface area contributed by atoms with Crippen molar-refractivity contribution >= 4 is 5.95 Å². The van der Waals surface area contributed by atoms with Crippen LogP contribution in [0.1, 0.15) is 32.1 Å². The highest BCUT2D eigenvalue weighted by atomic mass is 15.2. The molecule has 1 saturated carbocycles. The first-order valence-corrected chi connectivity index (χ1v) is 6.26. The number of hydrogen-bond donors (Lipinski definition) is 1. The van der Waals surface area contributed by atoms with E-state index in [9.17, 15) is 0 Å². The Hall–Kier alpha value is -1.25. The maximum absolute atomic E-state index is 4.30. The minimum atomic E-state index is 0.778. The maximum Gasteiger partial charge on any atom is 0.203 e. The Labute approximate surface area is 97.6 Å². The SMILES string of the molecule is C=CCNc1nccn1CCC1CCCC1. The number of nitrogens with one attached hydrogen (secondary N) is 1. The monoisotopic (exact) mass is 219 g/mol. The van der Waals surface area contributed by atoms with Gasteiger partial charge in [-0.05, 0) is 12.3 Å². The molecule has 0 spiro atoms. The number of nitrogens with zero attached hydrogens (tertiary/aromatic N) is 2. The standard InChI is InChI=1S/C13H21N3/c1-2-8-14-13-15-9-11-16(13)10-7-12-5-3-4-6-12/h2,9,11-12H,1,3-8,10H2,(H,14,15). The summed E-state index contributed by atoms with van der Waals surface area (Å²) in [5.41, 5.74) is 0. The lowest BCUT2D eigenvalue weighted by Gasteiger charge is -2.11. The second-order valence-electron chi connectivity index (χ2n) is 4.55. The number of imidazole rings is 1. The van der Waals surface area contributed by atoms with Crippen LogP contribution in [0.15, 0.2) is 25.0 Å². The predicted molar refractivity (Wildman–Crippen MR) is 67.5 cm³/mol. The summed E-state index contributed by atoms with van der Waals surface area (Å²) in [4.78, 5) is 4.30. The van der Waals surface area contributed by atoms with Crippen LogP contribution in [0.3, 0.4) is 0 Å². The van der Waals surface area contributed by atoms with Gasteiger partial charge in [0.2, 0.25) is 5.95 Å². The fourth-order valence-electron chi connectivity index (χ4n) is 2.44. The number of rotatable bonds is 6. The van der Waals surface area contributed by atoms with E-state index >= 15 is 0 Å². The molecular weight excluding hydrogens is 198 g/mol. The lowest BCUT2D eigenvalue weighted by molar-refractivity contribution is 0.460. The van der Waals surface area contributed by atoms with Gasteiger partial charge in [-0.15, -0.1) is 6.58 Å². The Morgan fingerprint density at radius 2 is 2.31 bits per heavy atom. The van der Waals surface area contributed by atoms with Gasteiger partial charge in [0.15, 0.2) is 0 Å². The topological polar surface area (TPSA) is 29.9 Å². The summed E-state index contributed by atoms with van der Waals surface area (Å²) in [5.74, 6) is 1.91. The van der Waals surface area contributed by atoms with Crippen molar-refractivity contribution in [3.63, 3.8) is 0 Å². The first-order valence-electron chi connectivity index (χ1n) is 6.26. The minimum absolute atomic E-state index is 0.778. The quantitative estimate of drug-likeness (QED) is 0.745. The molecule has 1 fully saturated rings. The average molecular weight is 219 g/mol. The molecule has 1 aliphatic rings. The summed E-state index contributed by atoms with van der Waals surface area (Å²) in [5, 5.41) is 3.25. The van der Waals surface area contributed by atoms with E-state index in [1.165, 1.54) is 32.1 Å². The van der Waals surface area contributed by atoms with Crippen LogP contribution in [-0.4, -0.2) is 16.1 Å². The third kappa shape index (κ3) is 2.87. The van der Waals surface area contributed by atoms with Crippen molar-refractivity contribution in [1.82, 2.24) is 9.55 Å². The molecule has 0 radical (unpaired) electrons. The van der Waals surface area contributed by atoms with Gasteiger partial charge in [-0.2, -0.15) is 0 Å². The fraction of sp³-hybridized carbons (Fsp3) is 0.615. The van der Waals surface area contributed by atoms with Gasteiger partial charge in [-0.25, -0.2) is 4.98 Å². The highest BCUT2D eigenvalue weighted by Gasteiger charge is 2.15. The molecule has 3 heteroatoms. The molecule has 0 aliphatic heterocycles. The Morgan fingerprint density at radius 3 is 3.06 bits per heavy atom. The van der Waals surface area contributed by atoms with Crippen molar-refractivity contribution in [2.45, 2.75) is 38.6 Å². The molecule has 88 valence electrons. The van der Waals surface area contributed by atoms with Crippen molar-refractivity contribution in [2.75, 3.05) is 11.9 Å². The van der Waals surface area contributed by atoms with Crippen LogP contribution in [0.25, 0.3) is 0 Å². The highest BCUT2D eigenvalue weighted by Crippen LogP contribution is 2.28. The lowest BCUT2D eigenvalue weighted by atomic mass is 10.0. The van der Waals surface area contributed by atoms with Crippen LogP contribution in [0.2, 0.25) is 0 Å². The van der Waals surface area contributed by atoms with E-state index in [1.807, 2.05) is 12.3 Å². The minimum Gasteiger partial charge on any atom is -0.352 e. The molecule has 0 amide bonds. The molecule has 1 aliphatic carbocycles. The van der Waals surface area contributed by atoms with Gasteiger partial charge in [0.25, 0.3) is 0 Å². The normalized spacial score (nSPS) is 16.5. The summed E-state index contributed by atoms with van der Waals surface area (Å²) >= 11 is 0. The van der Waals surface area contributed by atoms with Gasteiger partial charge >= 0.3 is 0 Å². The molecule has 16 heavy (non-hydrogen) atoms. The molecule has 1 heterocycles. The summed E-state index contributed by atoms with van der Waals surface area (Å²) in [6, 6.07) is 0. The Bertz CT molecular complexity index is 324. The molecule has 1 aromatic heterocycles. The van der Waals surface area contributed by atoms with Crippen molar-refractivity contribution in [3.8, 4) is 0 Å². The number of hydrogen-bond acceptors (Lipinski definition) is 2. The summed E-state index contributed by atoms with van der Waals surface area (Å²) in [6.45, 7) is 5.56. The predicted octanol–water partition coefficient (Wildman–Crippen LogP) is 3.06. The molecular formula is C13H21N3. The first kappa shape index (κ1) is 11.2. The molecule has 0 saturated heterocycles. The Morgan fingerprint density at radius 1 is 1.50 bits per heavy atom. The summed E-state index contributed by atoms with van der Waals surface area (Å²) in [6.07, 6.45) is 12.8. The molecule has 0 aromatic carbocycles. The van der Waals surface area contributed by atoms with Gasteiger partial charge in [0.1, 0.15) is 0 Å². The van der Waals surface area contributed by atoms with E-state index in [1.54, 1.807) is 0 Å². The van der Waals surface area contributed by atoms with Crippen molar-refractivity contribution < 1.29 is 0 Å². The van der Waals surface area contributed by atoms with Crippen LogP contribution in [0.5, 0.6) is 0 Å². The maximum atomic E-state index is 4.30. The molecule has 0 atom stereocenters. The van der Waals surface area contributed by atoms with E-state index in [0.717, 1.165) is 25.0 Å². The number of aromatic nitrogens is 2. The smallest absolute Gasteiger partial charge is 0.203 e. The van der Waals surface area contributed by atoms with Crippen LogP contribution < -0.4 is 5.32 Å². The Kier molecular flexibility index (Phi) is 4.03. The average Bonchev–Trinajstić information content (AvgIpc) is 2.94. The van der Waals surface area contributed by atoms with Gasteiger partial charge < -0.3 is 9.88 Å². The fourth-order valence-corrected chi connectivity index (χ4v) is 2.44. The van der Waals surface area contributed by atoms with Crippen LogP contribution in [-0.2, 0) is 6.54 Å². The first-order chi connectivity index (χ1) is 7.90. The molecule has 1 N–H and O–H groups in total. The second kappa shape index (κ2) is 5.73. The van der Waals surface area contributed by atoms with Gasteiger partial charge in [-0.1, -0.05) is 31.8 Å². The van der Waals surface area contributed by atoms with Crippen LogP contribution in [0.4, 0.5) is 5.95 Å². The van der Waals surface area contributed by atoms with Crippen molar-refractivity contribution in [2.24, 2.45) is 5.92 Å². The molecule has 0 bridgehead atoms. The lowest BCUT2D eigenvalue weighted by Crippen LogP contribution is -2.09. The van der Waals surface area contributed by atoms with Crippen LogP contribution in [0, 0.1) is 5.92 Å². The molecule has 3 nitrogen and oxygen atoms in total. The van der Waals surface area contributed by atoms with Crippen LogP contribution >= 0.6 is 0 Å². The zero-order chi connectivity index (χ0) is 11.2. The summed E-state index contributed by atoms with van der Waals surface area (Å²) < 4.78 is 2.21. The third-order valence-electron chi connectivity index (χ3n) is 3.37. The zero-order valence-corrected chi connectivity index (χ0v) is 9.86. The summed E-state index contributed by atoms with van der Waals surface area (Å²) in [7, 11) is 0. The Balaban J connectivity index is 1.83. The van der Waals surface area contributed by atoms with Crippen molar-refractivity contribution in [3.05, 3.63) is 25.0 Å².